The van der Waals surface area contributed by atoms with E-state index in [0.717, 1.165) is 5.57 Å². The van der Waals surface area contributed by atoms with E-state index in [0.29, 0.717) is 0 Å². The van der Waals surface area contributed by atoms with Crippen LogP contribution in [-0.4, -0.2) is 18.5 Å². The molecular formula is C8H9ClHgO2. The molecular weight excluding hydrogens is 364 g/mol. The third kappa shape index (κ3) is 1.81. The monoisotopic (exact) mass is 374 g/mol. The zero-order chi connectivity index (χ0) is 9.19. The molecule has 0 aromatic heterocycles. The van der Waals surface area contributed by atoms with E-state index >= 15 is 0 Å². The molecule has 0 heterocycles. The molecule has 1 aliphatic carbocycles. The molecule has 0 spiro atoms. The number of ketones is 1. The van der Waals surface area contributed by atoms with Gasteiger partial charge in [0.2, 0.25) is 0 Å². The zero-order valence-corrected chi connectivity index (χ0v) is 13.4. The molecule has 0 N–H and O–H groups in total. The van der Waals surface area contributed by atoms with Gasteiger partial charge in [0, 0.05) is 0 Å². The average Bonchev–Trinajstić information content (AvgIpc) is 2.34. The van der Waals surface area contributed by atoms with Gasteiger partial charge >= 0.3 is 87.8 Å². The summed E-state index contributed by atoms with van der Waals surface area (Å²) in [6.45, 7) is 1.88. The third-order valence-corrected chi connectivity index (χ3v) is 5.60. The molecule has 0 aromatic carbocycles. The number of hydrogen-bond acceptors (Lipinski definition) is 2. The first-order chi connectivity index (χ1) is 5.64. The van der Waals surface area contributed by atoms with Crippen LogP contribution in [0.3, 0.4) is 0 Å². The van der Waals surface area contributed by atoms with Crippen molar-refractivity contribution in [2.75, 3.05) is 7.11 Å². The van der Waals surface area contributed by atoms with E-state index in [-0.39, 0.29) is 5.78 Å². The second-order valence-corrected chi connectivity index (χ2v) is 8.28. The Balaban J connectivity index is 2.98. The van der Waals surface area contributed by atoms with Gasteiger partial charge in [-0.15, -0.1) is 0 Å². The van der Waals surface area contributed by atoms with Crippen LogP contribution < -0.4 is 0 Å². The maximum absolute atomic E-state index is 11.3. The fourth-order valence-corrected chi connectivity index (χ4v) is 5.53. The fourth-order valence-electron chi connectivity index (χ4n) is 1.22. The van der Waals surface area contributed by atoms with E-state index in [9.17, 15) is 4.79 Å². The Morgan fingerprint density at radius 1 is 1.75 bits per heavy atom. The van der Waals surface area contributed by atoms with E-state index in [1.165, 1.54) is 0 Å². The molecule has 0 saturated heterocycles. The summed E-state index contributed by atoms with van der Waals surface area (Å²) in [6, 6.07) is 0. The van der Waals surface area contributed by atoms with Crippen molar-refractivity contribution >= 4 is 14.0 Å². The molecule has 0 amide bonds. The molecule has 0 bridgehead atoms. The second-order valence-electron chi connectivity index (χ2n) is 2.78. The number of carbonyl (C=O) groups excluding carboxylic acids is 1. The summed E-state index contributed by atoms with van der Waals surface area (Å²) < 4.78 is 7.15. The van der Waals surface area contributed by atoms with Crippen LogP contribution in [0.4, 0.5) is 0 Å². The Morgan fingerprint density at radius 3 is 2.92 bits per heavy atom. The molecule has 1 aliphatic rings. The van der Waals surface area contributed by atoms with Gasteiger partial charge in [-0.3, -0.25) is 0 Å². The molecule has 12 heavy (non-hydrogen) atoms. The van der Waals surface area contributed by atoms with Gasteiger partial charge in [0.1, 0.15) is 0 Å². The Morgan fingerprint density at radius 2 is 2.42 bits per heavy atom. The Bertz CT molecular complexity index is 260. The van der Waals surface area contributed by atoms with Crippen LogP contribution in [0.25, 0.3) is 0 Å². The minimum absolute atomic E-state index is 0.0417. The van der Waals surface area contributed by atoms with Crippen LogP contribution in [0, 0.1) is 0 Å². The van der Waals surface area contributed by atoms with Gasteiger partial charge in [-0.05, 0) is 0 Å². The number of carbonyl (C=O) groups is 1. The summed E-state index contributed by atoms with van der Waals surface area (Å²) in [5.74, 6) is 0.0417. The van der Waals surface area contributed by atoms with Crippen molar-refractivity contribution in [2.24, 2.45) is 0 Å². The molecule has 1 unspecified atom stereocenters. The number of rotatable bonds is 2. The van der Waals surface area contributed by atoms with Crippen LogP contribution in [0.1, 0.15) is 6.92 Å². The number of hydrogen-bond donors (Lipinski definition) is 0. The van der Waals surface area contributed by atoms with Gasteiger partial charge in [0.05, 0.1) is 0 Å². The summed E-state index contributed by atoms with van der Waals surface area (Å²) in [6.07, 6.45) is 3.33. The summed E-state index contributed by atoms with van der Waals surface area (Å²) in [7, 11) is 7.34. The summed E-state index contributed by atoms with van der Waals surface area (Å²) >= 11 is -1.41. The van der Waals surface area contributed by atoms with Gasteiger partial charge in [0.15, 0.2) is 0 Å². The van der Waals surface area contributed by atoms with Crippen LogP contribution in [0.2, 0.25) is 0 Å². The van der Waals surface area contributed by atoms with Crippen molar-refractivity contribution in [1.82, 2.24) is 0 Å². The first-order valence-corrected chi connectivity index (χ1v) is 13.6. The third-order valence-electron chi connectivity index (χ3n) is 2.06. The van der Waals surface area contributed by atoms with Gasteiger partial charge in [0.25, 0.3) is 0 Å². The quantitative estimate of drug-likeness (QED) is 0.544. The molecule has 0 fully saturated rings. The molecule has 0 saturated carbocycles. The first-order valence-electron chi connectivity index (χ1n) is 3.69. The normalized spacial score (nSPS) is 31.2. The molecule has 62 valence electrons. The van der Waals surface area contributed by atoms with Crippen LogP contribution in [0.15, 0.2) is 21.3 Å². The van der Waals surface area contributed by atoms with Gasteiger partial charge < -0.3 is 0 Å². The number of halogens is 1. The summed E-state index contributed by atoms with van der Waals surface area (Å²) in [4.78, 5) is 11.3. The molecule has 1 atom stereocenters. The maximum atomic E-state index is 11.3. The predicted molar refractivity (Wildman–Crippen MR) is 43.5 cm³/mol. The van der Waals surface area contributed by atoms with Crippen molar-refractivity contribution in [2.45, 2.75) is 12.5 Å². The molecule has 2 nitrogen and oxygen atoms in total. The molecule has 1 rings (SSSR count). The van der Waals surface area contributed by atoms with Crippen molar-refractivity contribution in [1.29, 1.82) is 0 Å². The SMILES string of the molecule is COC1(C)C=CC(=O)/C1=[CH]\[Hg][Cl]. The molecule has 0 radical (unpaired) electrons. The second kappa shape index (κ2) is 4.03. The standard InChI is InChI=1S/C8H9O2.ClH.Hg/c1-6-7(9)4-5-8(6,2)10-3;;/h1,4-5H,2-3H3;1H;/q;;+1/p-1. The molecule has 4 heteroatoms. The predicted octanol–water partition coefficient (Wildman–Crippen LogP) is 1.65. The zero-order valence-electron chi connectivity index (χ0n) is 7.13. The number of allylic oxidation sites excluding steroid dienone is 1. The van der Waals surface area contributed by atoms with Crippen LogP contribution >= 0.6 is 8.25 Å². The van der Waals surface area contributed by atoms with Gasteiger partial charge in [-0.1, -0.05) is 0 Å². The summed E-state index contributed by atoms with van der Waals surface area (Å²) in [5, 5.41) is 0. The molecule has 0 aliphatic heterocycles. The number of methoxy groups -OCH3 is 1. The van der Waals surface area contributed by atoms with E-state index in [2.05, 4.69) is 0 Å². The van der Waals surface area contributed by atoms with E-state index in [1.807, 2.05) is 10.5 Å². The van der Waals surface area contributed by atoms with Gasteiger partial charge in [-0.25, -0.2) is 0 Å². The Kier molecular flexibility index (Phi) is 3.50. The molecule has 0 aromatic rings. The van der Waals surface area contributed by atoms with E-state index in [1.54, 1.807) is 19.3 Å². The topological polar surface area (TPSA) is 26.3 Å². The van der Waals surface area contributed by atoms with Crippen molar-refractivity contribution < 1.29 is 32.9 Å². The Hall–Kier alpha value is 0.335. The van der Waals surface area contributed by atoms with Crippen LogP contribution in [0.5, 0.6) is 0 Å². The van der Waals surface area contributed by atoms with Crippen molar-refractivity contribution in [3.63, 3.8) is 0 Å². The van der Waals surface area contributed by atoms with E-state index in [4.69, 9.17) is 13.0 Å². The summed E-state index contributed by atoms with van der Waals surface area (Å²) in [5.41, 5.74) is 0.202. The number of ether oxygens (including phenoxy) is 1. The first kappa shape index (κ1) is 10.4. The fraction of sp³-hybridized carbons (Fsp3) is 0.375. The van der Waals surface area contributed by atoms with Crippen molar-refractivity contribution in [3.8, 4) is 0 Å². The average molecular weight is 373 g/mol. The van der Waals surface area contributed by atoms with Gasteiger partial charge in [-0.2, -0.15) is 0 Å². The van der Waals surface area contributed by atoms with Crippen LogP contribution in [-0.2, 0) is 32.9 Å². The van der Waals surface area contributed by atoms with Crippen molar-refractivity contribution in [3.05, 3.63) is 21.3 Å². The van der Waals surface area contributed by atoms with E-state index < -0.39 is 28.9 Å². The Labute approximate surface area is 87.5 Å². The minimum atomic E-state index is -1.41.